The zero-order chi connectivity index (χ0) is 5.98. The molecule has 0 amide bonds. The Balaban J connectivity index is 0. The molecule has 0 aliphatic heterocycles. The zero-order valence-electron chi connectivity index (χ0n) is 5.62. The third-order valence-electron chi connectivity index (χ3n) is 0.830. The molecule has 10 heavy (non-hydrogen) atoms. The fourth-order valence-electron chi connectivity index (χ4n) is 0.493. The van der Waals surface area contributed by atoms with Gasteiger partial charge in [0.1, 0.15) is 11.5 Å². The largest absolute Gasteiger partial charge is 0.508 e. The molecule has 0 radical (unpaired) electrons. The summed E-state index contributed by atoms with van der Waals surface area (Å²) in [5.41, 5.74) is 0. The molecule has 0 aromatic heterocycles. The van der Waals surface area contributed by atoms with Gasteiger partial charge in [-0.2, -0.15) is 0 Å². The van der Waals surface area contributed by atoms with Gasteiger partial charge >= 0.3 is 0 Å². The van der Waals surface area contributed by atoms with Crippen LogP contribution in [0, 0.1) is 0 Å². The molecule has 0 bridgehead atoms. The third-order valence-corrected chi connectivity index (χ3v) is 0.830. The predicted molar refractivity (Wildman–Crippen MR) is 29.8 cm³/mol. The van der Waals surface area contributed by atoms with Crippen LogP contribution in [-0.2, 0) is 0 Å². The van der Waals surface area contributed by atoms with E-state index in [1.165, 1.54) is 18.2 Å². The van der Waals surface area contributed by atoms with Gasteiger partial charge in [0.2, 0.25) is 0 Å². The molecule has 4 heteroatoms. The molecule has 0 heterocycles. The normalized spacial score (nSPS) is 7.20. The van der Waals surface area contributed by atoms with Crippen LogP contribution in [0.5, 0.6) is 11.5 Å². The number of rotatable bonds is 0. The minimum Gasteiger partial charge on any atom is -0.508 e. The van der Waals surface area contributed by atoms with Crippen LogP contribution in [0.4, 0.5) is 0 Å². The van der Waals surface area contributed by atoms with E-state index >= 15 is 0 Å². The molecule has 1 rings (SSSR count). The Labute approximate surface area is 47.0 Å². The van der Waals surface area contributed by atoms with Gasteiger partial charge in [-0.3, -0.25) is 0 Å². The van der Waals surface area contributed by atoms with Crippen molar-refractivity contribution in [2.24, 2.45) is 0 Å². The maximum atomic E-state index is 8.65. The first-order valence-electron chi connectivity index (χ1n) is 2.27. The summed E-state index contributed by atoms with van der Waals surface area (Å²) in [6.07, 6.45) is 0. The van der Waals surface area contributed by atoms with Gasteiger partial charge in [-0.25, -0.2) is 0 Å². The molecule has 1 aromatic carbocycles. The Bertz CT molecular complexity index is 174. The molecule has 0 saturated heterocycles. The smallest absolute Gasteiger partial charge is 0.119 e. The quantitative estimate of drug-likeness (QED) is 0.445. The maximum absolute atomic E-state index is 8.65. The molecule has 46 valence electrons. The third kappa shape index (κ3) is 1.51. The van der Waals surface area contributed by atoms with Crippen molar-refractivity contribution in [2.75, 3.05) is 0 Å². The standard InChI is InChI=1S/C6H6O2.2Rf/c7-5-2-1-3-6(8)4-5;;/h1-4,7-8H;;. The van der Waals surface area contributed by atoms with E-state index in [4.69, 9.17) is 10.2 Å². The summed E-state index contributed by atoms with van der Waals surface area (Å²) >= 11 is 0. The second-order valence-corrected chi connectivity index (χ2v) is 1.52. The average Bonchev–Trinajstić information content (AvgIpc) is 1.64. The Morgan fingerprint density at radius 1 is 0.900 bits per heavy atom. The maximum Gasteiger partial charge on any atom is 0.119 e. The van der Waals surface area contributed by atoms with Crippen molar-refractivity contribution in [1.29, 1.82) is 0 Å². The SMILES string of the molecule is Oc1cccc(O)c1.[Rf].[Rf]. The van der Waals surface area contributed by atoms with Crippen molar-refractivity contribution in [3.05, 3.63) is 24.3 Å². The molecule has 2 nitrogen and oxygen atoms in total. The van der Waals surface area contributed by atoms with Crippen LogP contribution >= 0.6 is 0 Å². The second kappa shape index (κ2) is 2.91. The van der Waals surface area contributed by atoms with Gasteiger partial charge in [0.25, 0.3) is 0 Å². The molecular weight excluding hydrogens is 638 g/mol. The molecule has 0 aliphatic carbocycles. The van der Waals surface area contributed by atoms with E-state index in [2.05, 4.69) is 0 Å². The van der Waals surface area contributed by atoms with Crippen molar-refractivity contribution in [1.82, 2.24) is 0 Å². The molecule has 0 spiro atoms. The van der Waals surface area contributed by atoms with Crippen LogP contribution in [0.1, 0.15) is 0 Å². The van der Waals surface area contributed by atoms with Gasteiger partial charge in [0.05, 0.1) is 0 Å². The van der Waals surface area contributed by atoms with Crippen LogP contribution < -0.4 is 0 Å². The summed E-state index contributed by atoms with van der Waals surface area (Å²) in [7, 11) is 0. The van der Waals surface area contributed by atoms with Gasteiger partial charge in [-0.05, 0) is 12.1 Å². The number of hydrogen-bond acceptors (Lipinski definition) is 2. The van der Waals surface area contributed by atoms with Gasteiger partial charge < -0.3 is 10.2 Å². The second-order valence-electron chi connectivity index (χ2n) is 1.52. The Hall–Kier alpha value is -3.18. The number of phenols is 2. The van der Waals surface area contributed by atoms with Crippen LogP contribution in [0.15, 0.2) is 24.3 Å². The van der Waals surface area contributed by atoms with E-state index < -0.39 is 0 Å². The van der Waals surface area contributed by atoms with Crippen molar-refractivity contribution < 1.29 is 10.2 Å². The van der Waals surface area contributed by atoms with Crippen molar-refractivity contribution >= 4 is 0 Å². The van der Waals surface area contributed by atoms with E-state index in [9.17, 15) is 0 Å². The number of benzene rings is 1. The van der Waals surface area contributed by atoms with E-state index in [1.54, 1.807) is 6.07 Å². The molecule has 0 atom stereocenters. The first-order chi connectivity index (χ1) is 3.79. The number of phenolic OH excluding ortho intramolecular Hbond substituents is 2. The minimum absolute atomic E-state index is 0. The average molecular weight is 644 g/mol. The fraction of sp³-hybridized carbons (Fsp3) is 0. The minimum atomic E-state index is 0. The van der Waals surface area contributed by atoms with Gasteiger partial charge in [-0.1, -0.05) is 6.07 Å². The summed E-state index contributed by atoms with van der Waals surface area (Å²) in [6, 6.07) is 5.85. The predicted octanol–water partition coefficient (Wildman–Crippen LogP) is 1.10. The molecule has 2 N–H and O–H groups in total. The molecular formula is C6H6O2Rf2. The fourth-order valence-corrected chi connectivity index (χ4v) is 0.493. The Morgan fingerprint density at radius 3 is 1.50 bits per heavy atom. The Kier molecular flexibility index (Phi) is 2.89. The van der Waals surface area contributed by atoms with Crippen LogP contribution in [0.25, 0.3) is 0 Å². The summed E-state index contributed by atoms with van der Waals surface area (Å²) in [5, 5.41) is 17.3. The van der Waals surface area contributed by atoms with Gasteiger partial charge in [-0.15, -0.1) is 0 Å². The summed E-state index contributed by atoms with van der Waals surface area (Å²) in [4.78, 5) is 0. The monoisotopic (exact) mass is 644 g/mol. The van der Waals surface area contributed by atoms with E-state index in [1.807, 2.05) is 0 Å². The van der Waals surface area contributed by atoms with Crippen molar-refractivity contribution in [2.45, 2.75) is 0 Å². The van der Waals surface area contributed by atoms with Crippen molar-refractivity contribution in [3.63, 3.8) is 0 Å². The zero-order valence-corrected chi connectivity index (χ0v) is 18.4. The summed E-state index contributed by atoms with van der Waals surface area (Å²) < 4.78 is 0. The number of hydrogen-bond donors (Lipinski definition) is 2. The van der Waals surface area contributed by atoms with Crippen LogP contribution in [0.3, 0.4) is 0 Å². The summed E-state index contributed by atoms with van der Waals surface area (Å²) in [5.74, 6) is 0.176. The van der Waals surface area contributed by atoms with E-state index in [0.29, 0.717) is 0 Å². The van der Waals surface area contributed by atoms with E-state index in [0.717, 1.165) is 0 Å². The van der Waals surface area contributed by atoms with Crippen LogP contribution in [0.2, 0.25) is 0 Å². The topological polar surface area (TPSA) is 40.5 Å². The molecule has 0 unspecified atom stereocenters. The van der Waals surface area contributed by atoms with Gasteiger partial charge in [0, 0.05) is 6.07 Å². The first kappa shape index (κ1) is 9.94. The number of aromatic hydroxyl groups is 2. The van der Waals surface area contributed by atoms with E-state index in [-0.39, 0.29) is 11.5 Å². The van der Waals surface area contributed by atoms with Gasteiger partial charge in [0.15, 0.2) is 0 Å². The first-order valence-corrected chi connectivity index (χ1v) is 2.27. The summed E-state index contributed by atoms with van der Waals surface area (Å²) in [6.45, 7) is 0. The molecule has 0 fully saturated rings. The van der Waals surface area contributed by atoms with Crippen LogP contribution in [-0.4, -0.2) is 10.2 Å². The Morgan fingerprint density at radius 2 is 1.30 bits per heavy atom. The molecule has 1 aromatic rings. The van der Waals surface area contributed by atoms with Crippen molar-refractivity contribution in [3.8, 4) is 11.5 Å². The molecule has 0 aliphatic rings. The molecule has 0 saturated carbocycles.